The van der Waals surface area contributed by atoms with E-state index >= 15 is 0 Å². The molecule has 0 N–H and O–H groups in total. The van der Waals surface area contributed by atoms with E-state index in [9.17, 15) is 9.59 Å². The van der Waals surface area contributed by atoms with E-state index in [1.165, 1.54) is 58.6 Å². The summed E-state index contributed by atoms with van der Waals surface area (Å²) in [6.45, 7) is 1.62. The van der Waals surface area contributed by atoms with Gasteiger partial charge in [-0.1, -0.05) is 11.8 Å². The van der Waals surface area contributed by atoms with Gasteiger partial charge >= 0.3 is 0 Å². The topological polar surface area (TPSA) is 87.2 Å². The number of carbonyl (C=O) groups excluding carboxylic acids is 2. The zero-order chi connectivity index (χ0) is 23.5. The Morgan fingerprint density at radius 2 is 1.97 bits per heavy atom. The van der Waals surface area contributed by atoms with Crippen molar-refractivity contribution in [3.63, 3.8) is 0 Å². The molecule has 1 aromatic heterocycles. The van der Waals surface area contributed by atoms with E-state index in [0.29, 0.717) is 16.9 Å². The van der Waals surface area contributed by atoms with Crippen molar-refractivity contribution in [2.24, 2.45) is 5.41 Å². The highest BCUT2D eigenvalue weighted by molar-refractivity contribution is 8.13. The first kappa shape index (κ1) is 24.4. The molecule has 1 aromatic rings. The zero-order valence-corrected chi connectivity index (χ0v) is 20.5. The first-order valence-corrected chi connectivity index (χ1v) is 12.6. The number of ether oxygens (including phenoxy) is 4. The molecule has 1 amide bonds. The fourth-order valence-corrected chi connectivity index (χ4v) is 5.92. The summed E-state index contributed by atoms with van der Waals surface area (Å²) < 4.78 is 22.6. The van der Waals surface area contributed by atoms with Crippen LogP contribution in [-0.2, 0) is 30.2 Å². The maximum absolute atomic E-state index is 13.2. The van der Waals surface area contributed by atoms with Crippen molar-refractivity contribution >= 4 is 22.8 Å². The van der Waals surface area contributed by atoms with E-state index in [1.54, 1.807) is 11.1 Å². The summed E-state index contributed by atoms with van der Waals surface area (Å²) in [5.41, 5.74) is 0.174. The van der Waals surface area contributed by atoms with Gasteiger partial charge in [-0.2, -0.15) is 0 Å². The molecule has 4 rings (SSSR count). The number of methoxy groups -OCH3 is 2. The molecular weight excluding hydrogens is 444 g/mol. The van der Waals surface area contributed by atoms with Gasteiger partial charge in [0.15, 0.2) is 10.7 Å². The summed E-state index contributed by atoms with van der Waals surface area (Å²) in [6.07, 6.45) is 9.65. The van der Waals surface area contributed by atoms with E-state index in [1.807, 2.05) is 12.1 Å². The lowest BCUT2D eigenvalue weighted by molar-refractivity contribution is -0.229. The number of nitrogens with zero attached hydrogens (tertiary/aromatic N) is 2. The van der Waals surface area contributed by atoms with Gasteiger partial charge in [-0.3, -0.25) is 14.6 Å². The van der Waals surface area contributed by atoms with Crippen molar-refractivity contribution in [3.05, 3.63) is 24.0 Å². The van der Waals surface area contributed by atoms with Crippen LogP contribution in [0.15, 0.2) is 18.3 Å². The molecule has 0 bridgehead atoms. The van der Waals surface area contributed by atoms with Crippen LogP contribution >= 0.6 is 11.8 Å². The lowest BCUT2D eigenvalue weighted by Crippen LogP contribution is -2.77. The molecule has 1 spiro atoms. The van der Waals surface area contributed by atoms with E-state index in [0.717, 1.165) is 18.6 Å². The van der Waals surface area contributed by atoms with Gasteiger partial charge in [0.05, 0.1) is 12.1 Å². The van der Waals surface area contributed by atoms with Crippen molar-refractivity contribution in [2.45, 2.75) is 69.6 Å². The number of carbonyl (C=O) groups is 2. The molecule has 0 radical (unpaired) electrons. The quantitative estimate of drug-likeness (QED) is 0.354. The van der Waals surface area contributed by atoms with Crippen molar-refractivity contribution in [2.75, 3.05) is 33.5 Å². The molecule has 2 heterocycles. The fraction of sp³-hybridized carbons (Fsp3) is 0.708. The Kier molecular flexibility index (Phi) is 7.63. The molecule has 3 aliphatic rings. The molecule has 1 aliphatic heterocycles. The van der Waals surface area contributed by atoms with Crippen molar-refractivity contribution < 1.29 is 28.5 Å². The van der Waals surface area contributed by atoms with Crippen LogP contribution in [0.3, 0.4) is 0 Å². The number of likely N-dealkylation sites (tertiary alicyclic amines) is 1. The number of aromatic nitrogens is 1. The number of β-lactam (4-membered cyclic amide) rings is 1. The summed E-state index contributed by atoms with van der Waals surface area (Å²) in [7, 11) is 3.06. The van der Waals surface area contributed by atoms with Gasteiger partial charge in [-0.25, -0.2) is 0 Å². The largest absolute Gasteiger partial charge is 0.490 e. The molecule has 9 heteroatoms. The maximum atomic E-state index is 13.2. The SMILES string of the molecule is COCO[C@@]1(Cc2cc(OC3CCC4(CC3)CC4)ccn2)C(=O)N(COC)[C@H]1CSC(C)=O. The third kappa shape index (κ3) is 5.37. The van der Waals surface area contributed by atoms with Crippen LogP contribution in [0.4, 0.5) is 0 Å². The average Bonchev–Trinajstić information content (AvgIpc) is 3.57. The minimum atomic E-state index is -1.16. The van der Waals surface area contributed by atoms with Crippen LogP contribution in [0.2, 0.25) is 0 Å². The number of hydrogen-bond acceptors (Lipinski definition) is 8. The molecule has 2 aliphatic carbocycles. The van der Waals surface area contributed by atoms with Crippen molar-refractivity contribution in [1.82, 2.24) is 9.88 Å². The maximum Gasteiger partial charge on any atom is 0.259 e. The number of pyridine rings is 1. The number of thioether (sulfide) groups is 1. The van der Waals surface area contributed by atoms with Crippen LogP contribution < -0.4 is 4.74 Å². The highest BCUT2D eigenvalue weighted by Crippen LogP contribution is 2.56. The minimum absolute atomic E-state index is 0.0126. The van der Waals surface area contributed by atoms with Gasteiger partial charge < -0.3 is 23.8 Å². The predicted octanol–water partition coefficient (Wildman–Crippen LogP) is 3.18. The summed E-state index contributed by atoms with van der Waals surface area (Å²) in [6, 6.07) is 3.44. The van der Waals surface area contributed by atoms with Gasteiger partial charge in [-0.15, -0.1) is 0 Å². The summed E-state index contributed by atoms with van der Waals surface area (Å²) in [5.74, 6) is 0.994. The molecule has 0 unspecified atom stereocenters. The summed E-state index contributed by atoms with van der Waals surface area (Å²) in [4.78, 5) is 30.9. The molecule has 182 valence electrons. The van der Waals surface area contributed by atoms with Crippen LogP contribution in [0.25, 0.3) is 0 Å². The molecule has 33 heavy (non-hydrogen) atoms. The fourth-order valence-electron chi connectivity index (χ4n) is 5.07. The minimum Gasteiger partial charge on any atom is -0.490 e. The van der Waals surface area contributed by atoms with Crippen molar-refractivity contribution in [3.8, 4) is 5.75 Å². The smallest absolute Gasteiger partial charge is 0.259 e. The van der Waals surface area contributed by atoms with Crippen LogP contribution in [0, 0.1) is 5.41 Å². The van der Waals surface area contributed by atoms with E-state index in [-0.39, 0.29) is 43.1 Å². The lowest BCUT2D eigenvalue weighted by Gasteiger charge is -2.54. The first-order valence-electron chi connectivity index (χ1n) is 11.6. The average molecular weight is 479 g/mol. The molecular formula is C24H34N2O6S. The number of amides is 1. The second kappa shape index (κ2) is 10.3. The molecule has 2 atom stereocenters. The molecule has 1 saturated heterocycles. The zero-order valence-electron chi connectivity index (χ0n) is 19.7. The van der Waals surface area contributed by atoms with Gasteiger partial charge in [0.2, 0.25) is 0 Å². The van der Waals surface area contributed by atoms with E-state index in [2.05, 4.69) is 4.98 Å². The van der Waals surface area contributed by atoms with Crippen LogP contribution in [-0.4, -0.2) is 72.1 Å². The monoisotopic (exact) mass is 478 g/mol. The van der Waals surface area contributed by atoms with Gasteiger partial charge in [0, 0.05) is 51.3 Å². The molecule has 8 nitrogen and oxygen atoms in total. The second-order valence-electron chi connectivity index (χ2n) is 9.43. The number of rotatable bonds is 11. The van der Waals surface area contributed by atoms with Crippen LogP contribution in [0.1, 0.15) is 51.1 Å². The Morgan fingerprint density at radius 1 is 1.21 bits per heavy atom. The van der Waals surface area contributed by atoms with E-state index < -0.39 is 5.60 Å². The van der Waals surface area contributed by atoms with Crippen LogP contribution in [0.5, 0.6) is 5.75 Å². The van der Waals surface area contributed by atoms with Gasteiger partial charge in [-0.05, 0) is 50.0 Å². The van der Waals surface area contributed by atoms with E-state index in [4.69, 9.17) is 18.9 Å². The predicted molar refractivity (Wildman–Crippen MR) is 124 cm³/mol. The molecule has 0 aromatic carbocycles. The van der Waals surface area contributed by atoms with Gasteiger partial charge in [0.25, 0.3) is 5.91 Å². The summed E-state index contributed by atoms with van der Waals surface area (Å²) in [5, 5.41) is -0.0126. The summed E-state index contributed by atoms with van der Waals surface area (Å²) >= 11 is 1.17. The first-order chi connectivity index (χ1) is 15.9. The Morgan fingerprint density at radius 3 is 2.61 bits per heavy atom. The molecule has 2 saturated carbocycles. The van der Waals surface area contributed by atoms with Crippen molar-refractivity contribution in [1.29, 1.82) is 0 Å². The Labute approximate surface area is 199 Å². The second-order valence-corrected chi connectivity index (χ2v) is 10.6. The Bertz CT molecular complexity index is 853. The normalized spacial score (nSPS) is 26.3. The highest BCUT2D eigenvalue weighted by atomic mass is 32.2. The highest BCUT2D eigenvalue weighted by Gasteiger charge is 2.62. The molecule has 3 fully saturated rings. The standard InChI is InChI=1S/C24H34N2O6S/c1-17(27)33-14-21-24(31-16-30-3,22(28)26(21)15-29-2)13-18-12-20(6-11-25-18)32-19-4-7-23(8-5-19)9-10-23/h6,11-12,19,21H,4-5,7-10,13-16H2,1-3H3/t21-,24+/m0/s1. The third-order valence-electron chi connectivity index (χ3n) is 7.17. The Balaban J connectivity index is 1.48. The van der Waals surface area contributed by atoms with Gasteiger partial charge in [0.1, 0.15) is 19.3 Å². The Hall–Kier alpha value is -1.68. The third-order valence-corrected chi connectivity index (χ3v) is 8.06. The number of hydrogen-bond donors (Lipinski definition) is 0. The lowest BCUT2D eigenvalue weighted by atomic mass is 9.79.